The first kappa shape index (κ1) is 19.8. The summed E-state index contributed by atoms with van der Waals surface area (Å²) in [6, 6.07) is 0. The van der Waals surface area contributed by atoms with Gasteiger partial charge in [-0.2, -0.15) is 6.61 Å². The molecule has 0 aromatic carbocycles. The summed E-state index contributed by atoms with van der Waals surface area (Å²) in [6.07, 6.45) is 0.314. The van der Waals surface area contributed by atoms with Gasteiger partial charge in [-0.3, -0.25) is 0 Å². The molecule has 0 radical (unpaired) electrons. The molecular weight excluding hydrogens is 519 g/mol. The van der Waals surface area contributed by atoms with Crippen molar-refractivity contribution in [3.63, 3.8) is 0 Å². The molecule has 5 atom stereocenters. The number of nitrogens with zero attached hydrogens (tertiary/aromatic N) is 1. The van der Waals surface area contributed by atoms with Crippen LogP contribution in [-0.2, 0) is 23.3 Å². The van der Waals surface area contributed by atoms with E-state index in [0.717, 1.165) is 6.42 Å². The Balaban J connectivity index is 0.00000220. The molecule has 2 saturated heterocycles. The number of fused-ring (bicyclic) bond motifs is 2. The SMILES string of the molecule is [C-]#[N+]CCOP(C)O[C@H]1[C@@H]2[CH-]O[C@@]1(CC)[C@@H](COC)O2.[U]. The molecule has 2 fully saturated rings. The molecule has 2 aliphatic heterocycles. The fraction of sp³-hybridized carbons (Fsp3) is 0.846. The molecule has 2 rings (SSSR count). The zero-order chi connectivity index (χ0) is 14.6. The van der Waals surface area contributed by atoms with Crippen molar-refractivity contribution in [2.75, 3.05) is 33.5 Å². The fourth-order valence-electron chi connectivity index (χ4n) is 2.68. The van der Waals surface area contributed by atoms with E-state index >= 15 is 0 Å². The van der Waals surface area contributed by atoms with Gasteiger partial charge in [0.15, 0.2) is 8.38 Å². The van der Waals surface area contributed by atoms with Crippen molar-refractivity contribution in [1.29, 1.82) is 0 Å². The Morgan fingerprint density at radius 2 is 2.24 bits per heavy atom. The second-order valence-electron chi connectivity index (χ2n) is 4.79. The van der Waals surface area contributed by atoms with Gasteiger partial charge in [-0.1, -0.05) is 6.92 Å². The van der Waals surface area contributed by atoms with Crippen LogP contribution in [0.25, 0.3) is 4.85 Å². The van der Waals surface area contributed by atoms with E-state index in [1.54, 1.807) is 13.7 Å². The molecule has 118 valence electrons. The van der Waals surface area contributed by atoms with Crippen molar-refractivity contribution in [2.24, 2.45) is 0 Å². The van der Waals surface area contributed by atoms with Gasteiger partial charge in [0.05, 0.1) is 18.3 Å². The summed E-state index contributed by atoms with van der Waals surface area (Å²) in [6.45, 7) is 13.6. The maximum atomic E-state index is 6.73. The van der Waals surface area contributed by atoms with Crippen LogP contribution >= 0.6 is 8.38 Å². The number of methoxy groups -OCH3 is 1. The van der Waals surface area contributed by atoms with Gasteiger partial charge in [0.1, 0.15) is 12.7 Å². The van der Waals surface area contributed by atoms with Crippen LogP contribution in [0.15, 0.2) is 0 Å². The van der Waals surface area contributed by atoms with Crippen LogP contribution in [0.2, 0.25) is 0 Å². The first-order valence-electron chi connectivity index (χ1n) is 6.70. The Hall–Kier alpha value is 0.772. The van der Waals surface area contributed by atoms with Gasteiger partial charge in [0, 0.05) is 44.9 Å². The third-order valence-electron chi connectivity index (χ3n) is 3.68. The minimum absolute atomic E-state index is 0. The standard InChI is InChI=1S/C13H21NO5P.U/c1-5-13-11(9-15-3)18-10(8-16-13)12(13)19-20(4)17-7-6-14-2;/h8,10-12H,5-7,9H2,1,3-4H3;/q-1;/t10-,11+,12-,13-,20?;/m0./s1. The zero-order valence-electron chi connectivity index (χ0n) is 12.6. The molecule has 0 amide bonds. The molecule has 2 heterocycles. The zero-order valence-corrected chi connectivity index (χ0v) is 17.6. The maximum Gasteiger partial charge on any atom is 0.238 e. The normalized spacial score (nSPS) is 35.2. The van der Waals surface area contributed by atoms with Gasteiger partial charge >= 0.3 is 0 Å². The number of hydrogen-bond acceptors (Lipinski definition) is 5. The largest absolute Gasteiger partial charge is 0.541 e. The average molecular weight is 540 g/mol. The van der Waals surface area contributed by atoms with E-state index in [0.29, 0.717) is 19.8 Å². The Bertz CT molecular complexity index is 369. The monoisotopic (exact) mass is 540 g/mol. The second-order valence-corrected chi connectivity index (χ2v) is 6.14. The quantitative estimate of drug-likeness (QED) is 0.268. The Morgan fingerprint density at radius 1 is 1.48 bits per heavy atom. The van der Waals surface area contributed by atoms with Crippen LogP contribution in [-0.4, -0.2) is 57.4 Å². The van der Waals surface area contributed by atoms with Crippen LogP contribution in [0, 0.1) is 44.3 Å². The summed E-state index contributed by atoms with van der Waals surface area (Å²) in [7, 11) is 0.605. The van der Waals surface area contributed by atoms with Crippen molar-refractivity contribution < 1.29 is 54.4 Å². The van der Waals surface area contributed by atoms with Crippen molar-refractivity contribution in [3.8, 4) is 0 Å². The number of hydrogen-bond donors (Lipinski definition) is 0. The fourth-order valence-corrected chi connectivity index (χ4v) is 3.69. The minimum atomic E-state index is -1.05. The number of ether oxygens (including phenoxy) is 3. The second kappa shape index (κ2) is 9.16. The molecule has 0 saturated carbocycles. The van der Waals surface area contributed by atoms with Gasteiger partial charge in [-0.25, -0.2) is 6.57 Å². The summed E-state index contributed by atoms with van der Waals surface area (Å²) in [5, 5.41) is 0. The summed E-state index contributed by atoms with van der Waals surface area (Å²) in [5.41, 5.74) is -0.486. The molecule has 0 aliphatic carbocycles. The van der Waals surface area contributed by atoms with Crippen LogP contribution in [0.3, 0.4) is 0 Å². The predicted molar refractivity (Wildman–Crippen MR) is 74.1 cm³/mol. The Labute approximate surface area is 151 Å². The van der Waals surface area contributed by atoms with Crippen molar-refractivity contribution >= 4 is 8.38 Å². The number of rotatable bonds is 8. The summed E-state index contributed by atoms with van der Waals surface area (Å²) in [4.78, 5) is 3.26. The topological polar surface area (TPSA) is 50.5 Å². The Kier molecular flexibility index (Phi) is 8.65. The van der Waals surface area contributed by atoms with Crippen molar-refractivity contribution in [1.82, 2.24) is 0 Å². The van der Waals surface area contributed by atoms with Gasteiger partial charge in [0.25, 0.3) is 0 Å². The first-order chi connectivity index (χ1) is 9.67. The van der Waals surface area contributed by atoms with Crippen LogP contribution in [0.1, 0.15) is 13.3 Å². The molecule has 1 unspecified atom stereocenters. The van der Waals surface area contributed by atoms with E-state index in [-0.39, 0.29) is 49.4 Å². The van der Waals surface area contributed by atoms with E-state index < -0.39 is 14.0 Å². The molecule has 21 heavy (non-hydrogen) atoms. The van der Waals surface area contributed by atoms with E-state index in [1.807, 2.05) is 6.66 Å². The maximum absolute atomic E-state index is 6.73. The predicted octanol–water partition coefficient (Wildman–Crippen LogP) is 2.00. The van der Waals surface area contributed by atoms with Crippen LogP contribution < -0.4 is 0 Å². The molecule has 6 nitrogen and oxygen atoms in total. The van der Waals surface area contributed by atoms with E-state index in [4.69, 9.17) is 29.8 Å². The van der Waals surface area contributed by atoms with Gasteiger partial charge in [0.2, 0.25) is 6.54 Å². The van der Waals surface area contributed by atoms with Crippen molar-refractivity contribution in [3.05, 3.63) is 18.0 Å². The van der Waals surface area contributed by atoms with Gasteiger partial charge in [-0.05, 0) is 12.5 Å². The molecule has 2 aliphatic rings. The molecular formula is C13H21NO5PU-. The summed E-state index contributed by atoms with van der Waals surface area (Å²) < 4.78 is 28.5. The third-order valence-corrected chi connectivity index (χ3v) is 4.75. The summed E-state index contributed by atoms with van der Waals surface area (Å²) in [5.74, 6) is 0. The average Bonchev–Trinajstić information content (AvgIpc) is 2.92. The minimum Gasteiger partial charge on any atom is -0.541 e. The molecule has 0 aromatic rings. The van der Waals surface area contributed by atoms with Crippen molar-refractivity contribution in [2.45, 2.75) is 37.3 Å². The third kappa shape index (κ3) is 4.19. The summed E-state index contributed by atoms with van der Waals surface area (Å²) >= 11 is 0. The van der Waals surface area contributed by atoms with Crippen LogP contribution in [0.5, 0.6) is 0 Å². The molecule has 0 N–H and O–H groups in total. The van der Waals surface area contributed by atoms with Gasteiger partial charge in [-0.15, -0.1) is 0 Å². The molecule has 8 heteroatoms. The molecule has 2 bridgehead atoms. The first-order valence-corrected chi connectivity index (χ1v) is 8.32. The van der Waals surface area contributed by atoms with Gasteiger partial charge < -0.3 is 28.1 Å². The van der Waals surface area contributed by atoms with E-state index in [1.165, 1.54) is 0 Å². The van der Waals surface area contributed by atoms with E-state index in [9.17, 15) is 0 Å². The smallest absolute Gasteiger partial charge is 0.238 e. The molecule has 0 aromatic heterocycles. The van der Waals surface area contributed by atoms with E-state index in [2.05, 4.69) is 11.8 Å². The van der Waals surface area contributed by atoms with Crippen LogP contribution in [0.4, 0.5) is 0 Å². The Morgan fingerprint density at radius 3 is 2.86 bits per heavy atom. The molecule has 0 spiro atoms.